The number of nitrogens with zero attached hydrogens (tertiary/aromatic N) is 2. The van der Waals surface area contributed by atoms with Crippen molar-refractivity contribution in [1.82, 2.24) is 0 Å². The summed E-state index contributed by atoms with van der Waals surface area (Å²) in [6.07, 6.45) is 0. The maximum atomic E-state index is 10.9. The SMILES string of the molecule is C[N+]12CC[N+](CC(N)=O)(CC1)CC2. The molecule has 13 heavy (non-hydrogen) atoms. The molecule has 4 nitrogen and oxygen atoms in total. The van der Waals surface area contributed by atoms with Gasteiger partial charge in [-0.3, -0.25) is 4.79 Å². The van der Waals surface area contributed by atoms with Gasteiger partial charge in [0.05, 0.1) is 7.05 Å². The van der Waals surface area contributed by atoms with Gasteiger partial charge >= 0.3 is 0 Å². The molecule has 0 aromatic carbocycles. The lowest BCUT2D eigenvalue weighted by atomic mass is 10.1. The molecule has 0 spiro atoms. The molecule has 3 heterocycles. The lowest BCUT2D eigenvalue weighted by Gasteiger charge is -2.53. The molecule has 1 amide bonds. The molecule has 0 aromatic heterocycles. The zero-order valence-corrected chi connectivity index (χ0v) is 8.33. The van der Waals surface area contributed by atoms with E-state index in [4.69, 9.17) is 5.73 Å². The Morgan fingerprint density at radius 1 is 1.15 bits per heavy atom. The standard InChI is InChI=1S/C9H18N3O/c1-11-2-5-12(6-3-11,7-4-11)8-9(10)13/h2-8H2,1H3,(H-,10,13)/q+1/p+1. The molecule has 74 valence electrons. The molecule has 0 unspecified atom stereocenters. The third-order valence-corrected chi connectivity index (χ3v) is 3.83. The Morgan fingerprint density at radius 2 is 1.62 bits per heavy atom. The number of carbonyl (C=O) groups is 1. The van der Waals surface area contributed by atoms with Crippen LogP contribution in [0.2, 0.25) is 0 Å². The van der Waals surface area contributed by atoms with Crippen molar-refractivity contribution in [2.75, 3.05) is 52.9 Å². The fourth-order valence-corrected chi connectivity index (χ4v) is 2.60. The Hall–Kier alpha value is -0.610. The predicted molar refractivity (Wildman–Crippen MR) is 49.7 cm³/mol. The van der Waals surface area contributed by atoms with Crippen LogP contribution in [0.4, 0.5) is 0 Å². The monoisotopic (exact) mass is 185 g/mol. The summed E-state index contributed by atoms with van der Waals surface area (Å²) in [7, 11) is 2.32. The van der Waals surface area contributed by atoms with E-state index in [-0.39, 0.29) is 5.91 Å². The number of piperazine rings is 3. The number of nitrogens with two attached hydrogens (primary N) is 1. The zero-order chi connectivity index (χ0) is 9.53. The van der Waals surface area contributed by atoms with Gasteiger partial charge in [-0.15, -0.1) is 0 Å². The van der Waals surface area contributed by atoms with Gasteiger partial charge in [-0.25, -0.2) is 0 Å². The lowest BCUT2D eigenvalue weighted by Crippen LogP contribution is -2.74. The van der Waals surface area contributed by atoms with Gasteiger partial charge in [0.15, 0.2) is 6.54 Å². The summed E-state index contributed by atoms with van der Waals surface area (Å²) in [6, 6.07) is 0. The van der Waals surface area contributed by atoms with Crippen LogP contribution in [0, 0.1) is 0 Å². The minimum Gasteiger partial charge on any atom is -0.365 e. The largest absolute Gasteiger partial charge is 0.365 e. The van der Waals surface area contributed by atoms with Crippen LogP contribution in [0.3, 0.4) is 0 Å². The second-order valence-electron chi connectivity index (χ2n) is 4.93. The molecule has 2 N–H and O–H groups in total. The van der Waals surface area contributed by atoms with Gasteiger partial charge in [0, 0.05) is 0 Å². The van der Waals surface area contributed by atoms with Gasteiger partial charge in [0.1, 0.15) is 39.3 Å². The van der Waals surface area contributed by atoms with E-state index in [0.717, 1.165) is 24.1 Å². The second-order valence-corrected chi connectivity index (χ2v) is 4.93. The number of fused-ring (bicyclic) bond motifs is 3. The molecule has 3 aliphatic rings. The molecule has 0 saturated carbocycles. The Balaban J connectivity index is 2.07. The molecule has 3 saturated heterocycles. The number of quaternary nitrogens is 2. The first-order chi connectivity index (χ1) is 6.04. The number of likely N-dealkylation sites (N-methyl/N-ethyl adjacent to an activating group) is 1. The highest BCUT2D eigenvalue weighted by atomic mass is 16.1. The fraction of sp³-hybridized carbons (Fsp3) is 0.889. The summed E-state index contributed by atoms with van der Waals surface area (Å²) in [5.74, 6) is -0.141. The summed E-state index contributed by atoms with van der Waals surface area (Å²) in [6.45, 7) is 7.62. The summed E-state index contributed by atoms with van der Waals surface area (Å²) >= 11 is 0. The van der Waals surface area contributed by atoms with Crippen molar-refractivity contribution in [3.63, 3.8) is 0 Å². The maximum absolute atomic E-state index is 10.9. The Bertz CT molecular complexity index is 214. The molecule has 0 aromatic rings. The summed E-state index contributed by atoms with van der Waals surface area (Å²) in [5, 5.41) is 0. The minimum absolute atomic E-state index is 0.141. The van der Waals surface area contributed by atoms with E-state index < -0.39 is 0 Å². The highest BCUT2D eigenvalue weighted by Crippen LogP contribution is 2.23. The van der Waals surface area contributed by atoms with Crippen molar-refractivity contribution in [3.05, 3.63) is 0 Å². The van der Waals surface area contributed by atoms with Crippen LogP contribution in [-0.2, 0) is 4.79 Å². The topological polar surface area (TPSA) is 43.1 Å². The number of rotatable bonds is 2. The molecule has 3 fully saturated rings. The Kier molecular flexibility index (Phi) is 1.85. The van der Waals surface area contributed by atoms with E-state index in [2.05, 4.69) is 7.05 Å². The quantitative estimate of drug-likeness (QED) is 0.537. The Labute approximate surface area is 79.1 Å². The van der Waals surface area contributed by atoms with Gasteiger partial charge in [-0.1, -0.05) is 0 Å². The number of carbonyl (C=O) groups excluding carboxylic acids is 1. The van der Waals surface area contributed by atoms with Gasteiger partial charge in [0.25, 0.3) is 5.91 Å². The molecule has 0 radical (unpaired) electrons. The van der Waals surface area contributed by atoms with Crippen LogP contribution >= 0.6 is 0 Å². The average Bonchev–Trinajstić information content (AvgIpc) is 2.07. The van der Waals surface area contributed by atoms with Crippen molar-refractivity contribution >= 4 is 5.91 Å². The van der Waals surface area contributed by atoms with Gasteiger partial charge < -0.3 is 14.7 Å². The van der Waals surface area contributed by atoms with Crippen LogP contribution in [0.15, 0.2) is 0 Å². The summed E-state index contributed by atoms with van der Waals surface area (Å²) in [4.78, 5) is 10.9. The molecule has 2 bridgehead atoms. The zero-order valence-electron chi connectivity index (χ0n) is 8.33. The van der Waals surface area contributed by atoms with Crippen LogP contribution < -0.4 is 5.73 Å². The van der Waals surface area contributed by atoms with Crippen molar-refractivity contribution in [2.24, 2.45) is 5.73 Å². The summed E-state index contributed by atoms with van der Waals surface area (Å²) in [5.41, 5.74) is 5.27. The van der Waals surface area contributed by atoms with Crippen molar-refractivity contribution in [2.45, 2.75) is 0 Å². The van der Waals surface area contributed by atoms with E-state index in [1.165, 1.54) is 24.1 Å². The van der Waals surface area contributed by atoms with E-state index >= 15 is 0 Å². The first kappa shape index (κ1) is 8.97. The number of amides is 1. The number of primary amides is 1. The first-order valence-electron chi connectivity index (χ1n) is 5.01. The molecule has 4 heteroatoms. The van der Waals surface area contributed by atoms with E-state index in [0.29, 0.717) is 6.54 Å². The molecule has 3 aliphatic heterocycles. The lowest BCUT2D eigenvalue weighted by molar-refractivity contribution is -1.07. The highest BCUT2D eigenvalue weighted by Gasteiger charge is 2.47. The second kappa shape index (κ2) is 2.69. The van der Waals surface area contributed by atoms with Gasteiger partial charge in [-0.05, 0) is 0 Å². The fourth-order valence-electron chi connectivity index (χ4n) is 2.60. The van der Waals surface area contributed by atoms with E-state index in [1.807, 2.05) is 0 Å². The number of hydrogen-bond donors (Lipinski definition) is 1. The predicted octanol–water partition coefficient (Wildman–Crippen LogP) is -1.24. The van der Waals surface area contributed by atoms with Crippen molar-refractivity contribution in [3.8, 4) is 0 Å². The van der Waals surface area contributed by atoms with Gasteiger partial charge in [0.2, 0.25) is 0 Å². The third kappa shape index (κ3) is 1.56. The normalized spacial score (nSPS) is 43.5. The van der Waals surface area contributed by atoms with Crippen molar-refractivity contribution < 1.29 is 13.8 Å². The van der Waals surface area contributed by atoms with E-state index in [1.54, 1.807) is 0 Å². The van der Waals surface area contributed by atoms with Crippen LogP contribution in [0.5, 0.6) is 0 Å². The smallest absolute Gasteiger partial charge is 0.272 e. The van der Waals surface area contributed by atoms with Crippen LogP contribution in [0.1, 0.15) is 0 Å². The molecule has 0 aliphatic carbocycles. The van der Waals surface area contributed by atoms with Crippen molar-refractivity contribution in [1.29, 1.82) is 0 Å². The van der Waals surface area contributed by atoms with Crippen LogP contribution in [0.25, 0.3) is 0 Å². The molecular formula is C9H19N3O+2. The number of hydrogen-bond acceptors (Lipinski definition) is 1. The summed E-state index contributed by atoms with van der Waals surface area (Å²) < 4.78 is 2.17. The molecule has 0 atom stereocenters. The van der Waals surface area contributed by atoms with Gasteiger partial charge in [-0.2, -0.15) is 0 Å². The van der Waals surface area contributed by atoms with Crippen LogP contribution in [-0.4, -0.2) is 67.7 Å². The highest BCUT2D eigenvalue weighted by molar-refractivity contribution is 5.74. The molecular weight excluding hydrogens is 166 g/mol. The third-order valence-electron chi connectivity index (χ3n) is 3.83. The average molecular weight is 185 g/mol. The maximum Gasteiger partial charge on any atom is 0.272 e. The molecule has 3 rings (SSSR count). The first-order valence-corrected chi connectivity index (χ1v) is 5.01. The minimum atomic E-state index is -0.141. The Morgan fingerprint density at radius 3 is 2.00 bits per heavy atom. The van der Waals surface area contributed by atoms with E-state index in [9.17, 15) is 4.79 Å².